The molecule has 0 aliphatic carbocycles. The van der Waals surface area contributed by atoms with E-state index in [-0.39, 0.29) is 0 Å². The summed E-state index contributed by atoms with van der Waals surface area (Å²) in [6, 6.07) is 11.3. The maximum absolute atomic E-state index is 3.11. The number of allylic oxidation sites excluding steroid dienone is 1. The summed E-state index contributed by atoms with van der Waals surface area (Å²) in [5, 5.41) is 0. The third-order valence-electron chi connectivity index (χ3n) is 4.52. The van der Waals surface area contributed by atoms with E-state index in [0.717, 1.165) is 0 Å². The third kappa shape index (κ3) is 13.1. The van der Waals surface area contributed by atoms with Crippen molar-refractivity contribution in [3.8, 4) is 0 Å². The van der Waals surface area contributed by atoms with E-state index >= 15 is 0 Å². The minimum atomic E-state index is 1.21. The Kier molecular flexibility index (Phi) is 13.8. The molecule has 0 heteroatoms. The van der Waals surface area contributed by atoms with E-state index in [1.807, 2.05) is 18.2 Å². The van der Waals surface area contributed by atoms with Crippen molar-refractivity contribution in [2.75, 3.05) is 0 Å². The van der Waals surface area contributed by atoms with Gasteiger partial charge in [-0.05, 0) is 30.5 Å². The van der Waals surface area contributed by atoms with E-state index in [9.17, 15) is 0 Å². The fraction of sp³-hybridized carbons (Fsp3) is 0.652. The van der Waals surface area contributed by atoms with Crippen LogP contribution in [0, 0.1) is 6.07 Å². The molecular formula is C23H37. The molecular weight excluding hydrogens is 276 g/mol. The van der Waals surface area contributed by atoms with Crippen molar-refractivity contribution in [3.63, 3.8) is 0 Å². The van der Waals surface area contributed by atoms with Gasteiger partial charge in [0.2, 0.25) is 0 Å². The van der Waals surface area contributed by atoms with Gasteiger partial charge in [0.15, 0.2) is 0 Å². The first-order valence-corrected chi connectivity index (χ1v) is 10.1. The zero-order chi connectivity index (χ0) is 16.4. The van der Waals surface area contributed by atoms with Gasteiger partial charge in [-0.3, -0.25) is 0 Å². The molecule has 0 nitrogen and oxygen atoms in total. The van der Waals surface area contributed by atoms with Crippen molar-refractivity contribution < 1.29 is 0 Å². The lowest BCUT2D eigenvalue weighted by molar-refractivity contribution is 0.540. The van der Waals surface area contributed by atoms with E-state index in [2.05, 4.69) is 31.2 Å². The summed E-state index contributed by atoms with van der Waals surface area (Å²) in [4.78, 5) is 0. The quantitative estimate of drug-likeness (QED) is 0.288. The van der Waals surface area contributed by atoms with Gasteiger partial charge in [0.1, 0.15) is 0 Å². The molecule has 0 aromatic heterocycles. The third-order valence-corrected chi connectivity index (χ3v) is 4.52. The number of unbranched alkanes of at least 4 members (excludes halogenated alkanes) is 13. The van der Waals surface area contributed by atoms with Gasteiger partial charge < -0.3 is 0 Å². The number of rotatable bonds is 15. The zero-order valence-electron chi connectivity index (χ0n) is 15.4. The van der Waals surface area contributed by atoms with Crippen LogP contribution >= 0.6 is 0 Å². The molecule has 1 radical (unpaired) electrons. The largest absolute Gasteiger partial charge is 0.0839 e. The van der Waals surface area contributed by atoms with Gasteiger partial charge in [0, 0.05) is 0 Å². The topological polar surface area (TPSA) is 0 Å². The molecule has 23 heavy (non-hydrogen) atoms. The summed E-state index contributed by atoms with van der Waals surface area (Å²) >= 11 is 0. The molecule has 0 saturated carbocycles. The molecule has 0 atom stereocenters. The molecule has 0 fully saturated rings. The molecule has 0 unspecified atom stereocenters. The minimum absolute atomic E-state index is 1.21. The molecule has 0 spiro atoms. The fourth-order valence-electron chi connectivity index (χ4n) is 3.01. The molecule has 1 aromatic rings. The van der Waals surface area contributed by atoms with Crippen molar-refractivity contribution in [1.29, 1.82) is 0 Å². The molecule has 0 saturated heterocycles. The van der Waals surface area contributed by atoms with Crippen LogP contribution in [0.4, 0.5) is 0 Å². The Morgan fingerprint density at radius 3 is 1.87 bits per heavy atom. The van der Waals surface area contributed by atoms with Gasteiger partial charge in [0.05, 0.1) is 0 Å². The van der Waals surface area contributed by atoms with Crippen LogP contribution in [-0.4, -0.2) is 0 Å². The van der Waals surface area contributed by atoms with Crippen LogP contribution in [0.1, 0.15) is 102 Å². The normalized spacial score (nSPS) is 11.3. The van der Waals surface area contributed by atoms with Crippen LogP contribution in [0.3, 0.4) is 0 Å². The Hall–Kier alpha value is -1.04. The number of hydrogen-bond acceptors (Lipinski definition) is 0. The highest BCUT2D eigenvalue weighted by molar-refractivity contribution is 5.48. The van der Waals surface area contributed by atoms with Gasteiger partial charge in [0.25, 0.3) is 0 Å². The first-order valence-electron chi connectivity index (χ1n) is 10.1. The van der Waals surface area contributed by atoms with Crippen molar-refractivity contribution in [2.45, 2.75) is 96.8 Å². The van der Waals surface area contributed by atoms with Crippen LogP contribution in [0.5, 0.6) is 0 Å². The van der Waals surface area contributed by atoms with Crippen LogP contribution in [0.15, 0.2) is 30.3 Å². The first-order chi connectivity index (χ1) is 11.4. The molecule has 0 aliphatic rings. The lowest BCUT2D eigenvalue weighted by Crippen LogP contribution is -1.82. The summed E-state index contributed by atoms with van der Waals surface area (Å²) in [6.07, 6.45) is 24.3. The van der Waals surface area contributed by atoms with E-state index < -0.39 is 0 Å². The average molecular weight is 314 g/mol. The molecule has 0 heterocycles. The minimum Gasteiger partial charge on any atom is -0.0839 e. The van der Waals surface area contributed by atoms with Gasteiger partial charge in [-0.25, -0.2) is 0 Å². The summed E-state index contributed by atoms with van der Waals surface area (Å²) in [7, 11) is 0. The Morgan fingerprint density at radius 2 is 1.35 bits per heavy atom. The predicted molar refractivity (Wildman–Crippen MR) is 105 cm³/mol. The molecule has 129 valence electrons. The molecule has 0 bridgehead atoms. The highest BCUT2D eigenvalue weighted by Crippen LogP contribution is 2.13. The second-order valence-corrected chi connectivity index (χ2v) is 6.77. The average Bonchev–Trinajstić information content (AvgIpc) is 2.59. The van der Waals surface area contributed by atoms with Crippen LogP contribution in [-0.2, 0) is 0 Å². The number of benzene rings is 1. The van der Waals surface area contributed by atoms with Crippen LogP contribution in [0.2, 0.25) is 0 Å². The van der Waals surface area contributed by atoms with E-state index in [1.165, 1.54) is 95.5 Å². The second kappa shape index (κ2) is 15.8. The van der Waals surface area contributed by atoms with Gasteiger partial charge in [-0.2, -0.15) is 0 Å². The summed E-state index contributed by atoms with van der Waals surface area (Å²) in [5.41, 5.74) is 1.27. The van der Waals surface area contributed by atoms with Crippen molar-refractivity contribution in [2.24, 2.45) is 0 Å². The van der Waals surface area contributed by atoms with E-state index in [1.54, 1.807) is 0 Å². The molecule has 0 aliphatic heterocycles. The Balaban J connectivity index is 1.77. The van der Waals surface area contributed by atoms with Crippen molar-refractivity contribution in [3.05, 3.63) is 42.0 Å². The van der Waals surface area contributed by atoms with E-state index in [0.29, 0.717) is 0 Å². The maximum Gasteiger partial charge on any atom is -0.0178 e. The van der Waals surface area contributed by atoms with Crippen LogP contribution < -0.4 is 0 Å². The van der Waals surface area contributed by atoms with Gasteiger partial charge in [-0.1, -0.05) is 114 Å². The predicted octanol–water partition coefficient (Wildman–Crippen LogP) is 7.98. The Bertz CT molecular complexity index is 363. The van der Waals surface area contributed by atoms with Crippen molar-refractivity contribution in [1.82, 2.24) is 0 Å². The molecule has 1 rings (SSSR count). The SMILES string of the molecule is CCCCCCCCCCCCCCCC=Cc1c[c]ccc1. The standard InChI is InChI=1S/C23H37/c1-2-3-4-5-6-7-8-9-10-11-12-13-14-15-17-20-23-21-18-16-19-22-23/h16-18,20-22H,2-15H2,1H3. The van der Waals surface area contributed by atoms with Gasteiger partial charge in [-0.15, -0.1) is 0 Å². The summed E-state index contributed by atoms with van der Waals surface area (Å²) in [6.45, 7) is 2.29. The summed E-state index contributed by atoms with van der Waals surface area (Å²) < 4.78 is 0. The second-order valence-electron chi connectivity index (χ2n) is 6.77. The number of hydrogen-bond donors (Lipinski definition) is 0. The lowest BCUT2D eigenvalue weighted by Gasteiger charge is -2.02. The smallest absolute Gasteiger partial charge is 0.0178 e. The monoisotopic (exact) mass is 313 g/mol. The Morgan fingerprint density at radius 1 is 0.783 bits per heavy atom. The first kappa shape index (κ1) is 20.0. The fourth-order valence-corrected chi connectivity index (χ4v) is 3.01. The molecule has 1 aromatic carbocycles. The Labute approximate surface area is 145 Å². The molecule has 0 amide bonds. The highest BCUT2D eigenvalue weighted by Gasteiger charge is 1.93. The summed E-state index contributed by atoms with van der Waals surface area (Å²) in [5.74, 6) is 0. The lowest BCUT2D eigenvalue weighted by atomic mass is 10.0. The highest BCUT2D eigenvalue weighted by atomic mass is 14.0. The maximum atomic E-state index is 3.11. The zero-order valence-corrected chi connectivity index (χ0v) is 15.4. The van der Waals surface area contributed by atoms with Crippen molar-refractivity contribution >= 4 is 6.08 Å². The van der Waals surface area contributed by atoms with Crippen LogP contribution in [0.25, 0.3) is 6.08 Å². The van der Waals surface area contributed by atoms with E-state index in [4.69, 9.17) is 0 Å². The van der Waals surface area contributed by atoms with Gasteiger partial charge >= 0.3 is 0 Å². The molecule has 0 N–H and O–H groups in total.